The van der Waals surface area contributed by atoms with E-state index in [1.165, 1.54) is 7.11 Å². The van der Waals surface area contributed by atoms with Crippen molar-refractivity contribution in [2.45, 2.75) is 51.3 Å². The third-order valence-electron chi connectivity index (χ3n) is 4.91. The Balaban J connectivity index is 2.26. The van der Waals surface area contributed by atoms with Crippen LogP contribution in [0.15, 0.2) is 72.9 Å². The van der Waals surface area contributed by atoms with E-state index in [1.807, 2.05) is 60.7 Å². The van der Waals surface area contributed by atoms with Gasteiger partial charge in [-0.05, 0) is 31.9 Å². The van der Waals surface area contributed by atoms with E-state index in [-0.39, 0.29) is 18.5 Å². The molecule has 3 amide bonds. The lowest BCUT2D eigenvalue weighted by molar-refractivity contribution is -0.138. The second kappa shape index (κ2) is 13.1. The number of methoxy groups -OCH3 is 1. The van der Waals surface area contributed by atoms with Crippen LogP contribution in [-0.2, 0) is 36.7 Å². The number of rotatable bonds is 10. The molecule has 0 aliphatic heterocycles. The van der Waals surface area contributed by atoms with Crippen LogP contribution >= 0.6 is 0 Å². The van der Waals surface area contributed by atoms with Gasteiger partial charge in [0.05, 0.1) is 7.11 Å². The van der Waals surface area contributed by atoms with E-state index in [0.29, 0.717) is 0 Å². The van der Waals surface area contributed by atoms with Crippen LogP contribution in [0.1, 0.15) is 31.9 Å². The van der Waals surface area contributed by atoms with Crippen molar-refractivity contribution in [3.8, 4) is 0 Å². The van der Waals surface area contributed by atoms with Crippen molar-refractivity contribution in [1.29, 1.82) is 0 Å². The van der Waals surface area contributed by atoms with Gasteiger partial charge in [0.15, 0.2) is 0 Å². The number of benzene rings is 2. The lowest BCUT2D eigenvalue weighted by Gasteiger charge is -2.25. The summed E-state index contributed by atoms with van der Waals surface area (Å²) in [6.07, 6.45) is -0.459. The first-order chi connectivity index (χ1) is 17.0. The summed E-state index contributed by atoms with van der Waals surface area (Å²) in [5, 5.41) is 7.69. The molecule has 2 rings (SSSR count). The Morgan fingerprint density at radius 3 is 1.72 bits per heavy atom. The maximum absolute atomic E-state index is 13.4. The molecule has 0 radical (unpaired) electrons. The monoisotopic (exact) mass is 495 g/mol. The number of hydrogen-bond acceptors (Lipinski definition) is 6. The molecule has 0 aliphatic rings. The fraction of sp³-hybridized carbons (Fsp3) is 0.333. The van der Waals surface area contributed by atoms with Gasteiger partial charge in [-0.3, -0.25) is 9.59 Å². The average Bonchev–Trinajstić information content (AvgIpc) is 2.82. The van der Waals surface area contributed by atoms with E-state index in [0.717, 1.165) is 11.1 Å². The quantitative estimate of drug-likeness (QED) is 0.344. The summed E-state index contributed by atoms with van der Waals surface area (Å²) in [6, 6.07) is 16.1. The number of carbonyl (C=O) groups excluding carboxylic acids is 4. The largest absolute Gasteiger partial charge is 0.464 e. The molecular weight excluding hydrogens is 462 g/mol. The molecule has 0 bridgehead atoms. The van der Waals surface area contributed by atoms with Crippen LogP contribution in [0.25, 0.3) is 0 Å². The molecule has 3 N–H and O–H groups in total. The van der Waals surface area contributed by atoms with E-state index in [1.54, 1.807) is 20.8 Å². The number of nitrogens with one attached hydrogen (secondary N) is 3. The Hall–Kier alpha value is -4.14. The zero-order valence-electron chi connectivity index (χ0n) is 21.0. The third-order valence-corrected chi connectivity index (χ3v) is 4.91. The van der Waals surface area contributed by atoms with E-state index in [2.05, 4.69) is 27.3 Å². The van der Waals surface area contributed by atoms with Crippen LogP contribution in [0.5, 0.6) is 0 Å². The number of ether oxygens (including phenoxy) is 2. The van der Waals surface area contributed by atoms with Gasteiger partial charge < -0.3 is 25.4 Å². The van der Waals surface area contributed by atoms with Crippen LogP contribution in [0.3, 0.4) is 0 Å². The highest BCUT2D eigenvalue weighted by atomic mass is 16.6. The molecule has 0 fully saturated rings. The predicted octanol–water partition coefficient (Wildman–Crippen LogP) is 2.65. The van der Waals surface area contributed by atoms with Gasteiger partial charge in [-0.2, -0.15) is 0 Å². The SMILES string of the molecule is C=C(NC(=O)[C@H](Cc1ccccc1)NC(=O)[C@H](Cc1ccccc1)NC(=O)OC(C)(C)C)C(=O)OC. The van der Waals surface area contributed by atoms with Crippen LogP contribution in [-0.4, -0.2) is 48.7 Å². The normalized spacial score (nSPS) is 12.4. The minimum Gasteiger partial charge on any atom is -0.464 e. The summed E-state index contributed by atoms with van der Waals surface area (Å²) in [5.74, 6) is -2.05. The Labute approximate surface area is 211 Å². The molecular formula is C27H33N3O6. The second-order valence-corrected chi connectivity index (χ2v) is 9.10. The van der Waals surface area contributed by atoms with Crippen LogP contribution in [0, 0.1) is 0 Å². The van der Waals surface area contributed by atoms with Crippen LogP contribution in [0.4, 0.5) is 4.79 Å². The van der Waals surface area contributed by atoms with Crippen LogP contribution in [0.2, 0.25) is 0 Å². The summed E-state index contributed by atoms with van der Waals surface area (Å²) in [4.78, 5) is 50.5. The third kappa shape index (κ3) is 9.61. The molecule has 0 saturated heterocycles. The minimum absolute atomic E-state index is 0.136. The molecule has 2 aromatic rings. The second-order valence-electron chi connectivity index (χ2n) is 9.10. The van der Waals surface area contributed by atoms with E-state index >= 15 is 0 Å². The number of alkyl carbamates (subject to hydrolysis) is 1. The van der Waals surface area contributed by atoms with E-state index in [9.17, 15) is 19.2 Å². The van der Waals surface area contributed by atoms with E-state index in [4.69, 9.17) is 4.74 Å². The Morgan fingerprint density at radius 2 is 1.28 bits per heavy atom. The lowest BCUT2D eigenvalue weighted by atomic mass is 10.0. The van der Waals surface area contributed by atoms with Crippen molar-refractivity contribution < 1.29 is 28.7 Å². The highest BCUT2D eigenvalue weighted by Gasteiger charge is 2.29. The van der Waals surface area contributed by atoms with Crippen molar-refractivity contribution in [1.82, 2.24) is 16.0 Å². The molecule has 9 nitrogen and oxygen atoms in total. The molecule has 36 heavy (non-hydrogen) atoms. The average molecular weight is 496 g/mol. The highest BCUT2D eigenvalue weighted by Crippen LogP contribution is 2.10. The highest BCUT2D eigenvalue weighted by molar-refractivity contribution is 5.97. The van der Waals surface area contributed by atoms with Gasteiger partial charge in [-0.25, -0.2) is 9.59 Å². The zero-order chi connectivity index (χ0) is 26.7. The molecule has 0 unspecified atom stereocenters. The molecule has 0 aliphatic carbocycles. The number of amides is 3. The van der Waals surface area contributed by atoms with Crippen molar-refractivity contribution in [3.05, 3.63) is 84.1 Å². The summed E-state index contributed by atoms with van der Waals surface area (Å²) in [6.45, 7) is 8.65. The number of hydrogen-bond donors (Lipinski definition) is 3. The minimum atomic E-state index is -1.07. The van der Waals surface area contributed by atoms with Gasteiger partial charge in [-0.15, -0.1) is 0 Å². The van der Waals surface area contributed by atoms with Crippen molar-refractivity contribution in [2.24, 2.45) is 0 Å². The predicted molar refractivity (Wildman–Crippen MR) is 135 cm³/mol. The van der Waals surface area contributed by atoms with Gasteiger partial charge in [0.2, 0.25) is 11.8 Å². The van der Waals surface area contributed by atoms with Gasteiger partial charge in [0.25, 0.3) is 0 Å². The Bertz CT molecular complexity index is 1060. The molecule has 2 atom stereocenters. The molecule has 9 heteroatoms. The molecule has 0 saturated carbocycles. The Kier molecular flexibility index (Phi) is 10.2. The molecule has 2 aromatic carbocycles. The van der Waals surface area contributed by atoms with Crippen LogP contribution < -0.4 is 16.0 Å². The lowest BCUT2D eigenvalue weighted by Crippen LogP contribution is -2.55. The van der Waals surface area contributed by atoms with Crippen molar-refractivity contribution in [3.63, 3.8) is 0 Å². The Morgan fingerprint density at radius 1 is 0.806 bits per heavy atom. The zero-order valence-corrected chi connectivity index (χ0v) is 21.0. The fourth-order valence-corrected chi connectivity index (χ4v) is 3.25. The van der Waals surface area contributed by atoms with Gasteiger partial charge in [0, 0.05) is 12.8 Å². The summed E-state index contributed by atoms with van der Waals surface area (Å²) < 4.78 is 9.90. The summed E-state index contributed by atoms with van der Waals surface area (Å²) >= 11 is 0. The smallest absolute Gasteiger partial charge is 0.408 e. The first-order valence-electron chi connectivity index (χ1n) is 11.4. The number of esters is 1. The first-order valence-corrected chi connectivity index (χ1v) is 11.4. The fourth-order valence-electron chi connectivity index (χ4n) is 3.25. The van der Waals surface area contributed by atoms with E-state index < -0.39 is 41.6 Å². The first kappa shape index (κ1) is 28.1. The molecule has 0 heterocycles. The van der Waals surface area contributed by atoms with Gasteiger partial charge >= 0.3 is 12.1 Å². The summed E-state index contributed by atoms with van der Waals surface area (Å²) in [5.41, 5.74) is 0.558. The van der Waals surface area contributed by atoms with Crippen molar-refractivity contribution in [2.75, 3.05) is 7.11 Å². The summed E-state index contributed by atoms with van der Waals surface area (Å²) in [7, 11) is 1.17. The van der Waals surface area contributed by atoms with Gasteiger partial charge in [0.1, 0.15) is 23.4 Å². The molecule has 0 aromatic heterocycles. The number of carbonyl (C=O) groups is 4. The van der Waals surface area contributed by atoms with Crippen molar-refractivity contribution >= 4 is 23.9 Å². The molecule has 0 spiro atoms. The maximum atomic E-state index is 13.4. The standard InChI is InChI=1S/C27H33N3O6/c1-18(25(33)35-5)28-23(31)21(16-19-12-8-6-9-13-19)29-24(32)22(17-20-14-10-7-11-15-20)30-26(34)36-27(2,3)4/h6-15,21-22H,1,16-17H2,2-5H3,(H,28,31)(H,29,32)(H,30,34)/t21-,22-/m0/s1. The van der Waals surface area contributed by atoms with Gasteiger partial charge in [-0.1, -0.05) is 67.2 Å². The maximum Gasteiger partial charge on any atom is 0.408 e. The molecule has 192 valence electrons. The topological polar surface area (TPSA) is 123 Å².